The summed E-state index contributed by atoms with van der Waals surface area (Å²) in [6.45, 7) is -1.13. The second-order valence-electron chi connectivity index (χ2n) is 3.28. The molecule has 7 heteroatoms. The van der Waals surface area contributed by atoms with E-state index in [1.165, 1.54) is 0 Å². The molecule has 0 aliphatic carbocycles. The molecule has 86 valence electrons. The monoisotopic (exact) mass is 293 g/mol. The Morgan fingerprint density at radius 2 is 2.06 bits per heavy atom. The molecule has 0 aliphatic rings. The van der Waals surface area contributed by atoms with Crippen LogP contribution < -0.4 is 5.73 Å². The molecule has 2 rings (SSSR count). The van der Waals surface area contributed by atoms with Gasteiger partial charge in [-0.1, -0.05) is 6.07 Å². The average molecular weight is 294 g/mol. The van der Waals surface area contributed by atoms with Crippen molar-refractivity contribution in [2.75, 3.05) is 5.73 Å². The van der Waals surface area contributed by atoms with Crippen LogP contribution in [0.3, 0.4) is 0 Å². The number of nitrogens with zero attached hydrogens (tertiary/aromatic N) is 2. The zero-order chi connectivity index (χ0) is 11.9. The van der Waals surface area contributed by atoms with Crippen molar-refractivity contribution in [1.29, 1.82) is 0 Å². The maximum atomic E-state index is 12.3. The smallest absolute Gasteiger partial charge is 0.369 e. The number of fused-ring (bicyclic) bond motifs is 1. The van der Waals surface area contributed by atoms with E-state index in [0.717, 1.165) is 4.57 Å². The summed E-state index contributed by atoms with van der Waals surface area (Å²) >= 11 is 3.21. The predicted molar refractivity (Wildman–Crippen MR) is 57.9 cm³/mol. The minimum Gasteiger partial charge on any atom is -0.369 e. The van der Waals surface area contributed by atoms with Gasteiger partial charge in [0.2, 0.25) is 5.95 Å². The van der Waals surface area contributed by atoms with Crippen molar-refractivity contribution >= 4 is 32.9 Å². The van der Waals surface area contributed by atoms with Crippen LogP contribution in [-0.2, 0) is 6.54 Å². The Morgan fingerprint density at radius 1 is 1.38 bits per heavy atom. The Hall–Kier alpha value is -1.24. The molecule has 0 bridgehead atoms. The molecule has 0 radical (unpaired) electrons. The topological polar surface area (TPSA) is 43.8 Å². The largest absolute Gasteiger partial charge is 0.406 e. The highest BCUT2D eigenvalue weighted by Gasteiger charge is 2.30. The number of alkyl halides is 3. The number of hydrogen-bond acceptors (Lipinski definition) is 2. The van der Waals surface area contributed by atoms with Crippen molar-refractivity contribution in [3.05, 3.63) is 22.7 Å². The van der Waals surface area contributed by atoms with Crippen molar-refractivity contribution in [3.8, 4) is 0 Å². The Bertz CT molecular complexity index is 533. The summed E-state index contributed by atoms with van der Waals surface area (Å²) in [5.41, 5.74) is 6.26. The fourth-order valence-corrected chi connectivity index (χ4v) is 1.92. The number of anilines is 1. The van der Waals surface area contributed by atoms with E-state index in [9.17, 15) is 13.2 Å². The van der Waals surface area contributed by atoms with Crippen LogP contribution in [0.1, 0.15) is 0 Å². The number of para-hydroxylation sites is 1. The molecule has 16 heavy (non-hydrogen) atoms. The van der Waals surface area contributed by atoms with Crippen LogP contribution >= 0.6 is 15.9 Å². The minimum absolute atomic E-state index is 0.140. The molecule has 0 saturated heterocycles. The SMILES string of the molecule is Nc1nc2c(Br)cccc2n1CC(F)(F)F. The number of hydrogen-bond donors (Lipinski definition) is 1. The lowest BCUT2D eigenvalue weighted by atomic mass is 10.3. The van der Waals surface area contributed by atoms with Gasteiger partial charge in [-0.15, -0.1) is 0 Å². The average Bonchev–Trinajstić information content (AvgIpc) is 2.44. The van der Waals surface area contributed by atoms with Crippen LogP contribution in [0.5, 0.6) is 0 Å². The lowest BCUT2D eigenvalue weighted by molar-refractivity contribution is -0.139. The highest BCUT2D eigenvalue weighted by atomic mass is 79.9. The number of halogens is 4. The van der Waals surface area contributed by atoms with Gasteiger partial charge in [-0.3, -0.25) is 0 Å². The van der Waals surface area contributed by atoms with Crippen LogP contribution in [0.4, 0.5) is 19.1 Å². The number of nitrogen functional groups attached to an aromatic ring is 1. The van der Waals surface area contributed by atoms with Crippen molar-refractivity contribution < 1.29 is 13.2 Å². The van der Waals surface area contributed by atoms with Crippen molar-refractivity contribution in [2.45, 2.75) is 12.7 Å². The highest BCUT2D eigenvalue weighted by Crippen LogP contribution is 2.28. The molecule has 0 saturated carbocycles. The standard InChI is InChI=1S/C9H7BrF3N3/c10-5-2-1-3-6-7(5)15-8(14)16(6)4-9(11,12)13/h1-3H,4H2,(H2,14,15). The first kappa shape index (κ1) is 11.3. The summed E-state index contributed by atoms with van der Waals surface area (Å²) in [6, 6.07) is 4.89. The highest BCUT2D eigenvalue weighted by molar-refractivity contribution is 9.10. The predicted octanol–water partition coefficient (Wildman–Crippen LogP) is 2.94. The van der Waals surface area contributed by atoms with E-state index in [2.05, 4.69) is 20.9 Å². The maximum absolute atomic E-state index is 12.3. The molecule has 2 aromatic rings. The van der Waals surface area contributed by atoms with Crippen LogP contribution in [0.25, 0.3) is 11.0 Å². The van der Waals surface area contributed by atoms with Gasteiger partial charge in [0.15, 0.2) is 0 Å². The lowest BCUT2D eigenvalue weighted by Crippen LogP contribution is -2.18. The molecule has 3 nitrogen and oxygen atoms in total. The summed E-state index contributed by atoms with van der Waals surface area (Å²) in [7, 11) is 0. The molecule has 0 fully saturated rings. The van der Waals surface area contributed by atoms with Gasteiger partial charge in [-0.25, -0.2) is 4.98 Å². The third kappa shape index (κ3) is 1.99. The molecule has 0 amide bonds. The second-order valence-corrected chi connectivity index (χ2v) is 4.13. The molecule has 1 aromatic heterocycles. The molecule has 0 atom stereocenters. The van der Waals surface area contributed by atoms with E-state index in [4.69, 9.17) is 5.73 Å². The van der Waals surface area contributed by atoms with E-state index in [0.29, 0.717) is 15.5 Å². The van der Waals surface area contributed by atoms with Gasteiger partial charge in [0.25, 0.3) is 0 Å². The van der Waals surface area contributed by atoms with E-state index in [1.54, 1.807) is 18.2 Å². The van der Waals surface area contributed by atoms with E-state index < -0.39 is 12.7 Å². The molecule has 0 spiro atoms. The Balaban J connectivity index is 2.61. The third-order valence-electron chi connectivity index (χ3n) is 2.10. The number of imidazole rings is 1. The van der Waals surface area contributed by atoms with Crippen LogP contribution in [-0.4, -0.2) is 15.7 Å². The fraction of sp³-hybridized carbons (Fsp3) is 0.222. The van der Waals surface area contributed by atoms with Gasteiger partial charge in [-0.05, 0) is 28.1 Å². The van der Waals surface area contributed by atoms with Crippen molar-refractivity contribution in [1.82, 2.24) is 9.55 Å². The zero-order valence-electron chi connectivity index (χ0n) is 7.92. The molecular formula is C9H7BrF3N3. The quantitative estimate of drug-likeness (QED) is 0.878. The third-order valence-corrected chi connectivity index (χ3v) is 2.74. The molecule has 1 heterocycles. The molecule has 0 aliphatic heterocycles. The first-order valence-corrected chi connectivity index (χ1v) is 5.15. The molecule has 1 aromatic carbocycles. The minimum atomic E-state index is -4.32. The van der Waals surface area contributed by atoms with E-state index in [-0.39, 0.29) is 5.95 Å². The normalized spacial score (nSPS) is 12.2. The van der Waals surface area contributed by atoms with Crippen molar-refractivity contribution in [2.24, 2.45) is 0 Å². The van der Waals surface area contributed by atoms with Gasteiger partial charge in [0.05, 0.1) is 5.52 Å². The Morgan fingerprint density at radius 3 is 2.69 bits per heavy atom. The fourth-order valence-electron chi connectivity index (χ4n) is 1.48. The van der Waals surface area contributed by atoms with Gasteiger partial charge in [-0.2, -0.15) is 13.2 Å². The van der Waals surface area contributed by atoms with Gasteiger partial charge < -0.3 is 10.3 Å². The maximum Gasteiger partial charge on any atom is 0.406 e. The molecular weight excluding hydrogens is 287 g/mol. The summed E-state index contributed by atoms with van der Waals surface area (Å²) in [6.07, 6.45) is -4.32. The van der Waals surface area contributed by atoms with Crippen LogP contribution in [0, 0.1) is 0 Å². The summed E-state index contributed by atoms with van der Waals surface area (Å²) < 4.78 is 38.5. The lowest BCUT2D eigenvalue weighted by Gasteiger charge is -2.09. The Kier molecular flexibility index (Phi) is 2.57. The van der Waals surface area contributed by atoms with Gasteiger partial charge in [0, 0.05) is 4.47 Å². The number of nitrogens with two attached hydrogens (primary N) is 1. The van der Waals surface area contributed by atoms with Crippen molar-refractivity contribution in [3.63, 3.8) is 0 Å². The van der Waals surface area contributed by atoms with Crippen LogP contribution in [0.2, 0.25) is 0 Å². The van der Waals surface area contributed by atoms with Gasteiger partial charge in [0.1, 0.15) is 12.1 Å². The van der Waals surface area contributed by atoms with E-state index >= 15 is 0 Å². The van der Waals surface area contributed by atoms with Gasteiger partial charge >= 0.3 is 6.18 Å². The van der Waals surface area contributed by atoms with E-state index in [1.807, 2.05) is 0 Å². The first-order chi connectivity index (χ1) is 7.38. The number of aromatic nitrogens is 2. The number of benzene rings is 1. The second kappa shape index (κ2) is 3.65. The molecule has 2 N–H and O–H groups in total. The molecule has 0 unspecified atom stereocenters. The first-order valence-electron chi connectivity index (χ1n) is 4.35. The summed E-state index contributed by atoms with van der Waals surface area (Å²) in [5.74, 6) is -0.140. The summed E-state index contributed by atoms with van der Waals surface area (Å²) in [4.78, 5) is 3.89. The number of rotatable bonds is 1. The zero-order valence-corrected chi connectivity index (χ0v) is 9.51. The Labute approximate surface area is 97.2 Å². The summed E-state index contributed by atoms with van der Waals surface area (Å²) in [5, 5.41) is 0. The van der Waals surface area contributed by atoms with Crippen LogP contribution in [0.15, 0.2) is 22.7 Å².